The average molecular weight is 207 g/mol. The van der Waals surface area contributed by atoms with E-state index in [9.17, 15) is 4.79 Å². The molecule has 2 atom stereocenters. The van der Waals surface area contributed by atoms with Crippen LogP contribution in [0, 0.1) is 0 Å². The highest BCUT2D eigenvalue weighted by Crippen LogP contribution is 2.23. The molecule has 2 nitrogen and oxygen atoms in total. The molecule has 0 aliphatic heterocycles. The normalized spacial score (nSPS) is 34.4. The van der Waals surface area contributed by atoms with Gasteiger partial charge in [0.05, 0.1) is 10.9 Å². The Hall–Kier alpha value is 0.110. The van der Waals surface area contributed by atoms with Gasteiger partial charge in [0.15, 0.2) is 0 Å². The minimum absolute atomic E-state index is 0.0637. The maximum absolute atomic E-state index is 11.0. The van der Waals surface area contributed by atoms with Crippen LogP contribution in [0.15, 0.2) is 0 Å². The zero-order valence-electron chi connectivity index (χ0n) is 5.97. The molecule has 1 saturated carbocycles. The zero-order chi connectivity index (χ0) is 7.56. The molecule has 0 aromatic heterocycles. The fourth-order valence-electron chi connectivity index (χ4n) is 1.21. The molecule has 0 radical (unpaired) electrons. The monoisotopic (exact) mass is 206 g/mol. The summed E-state index contributed by atoms with van der Waals surface area (Å²) >= 11 is 3.31. The molecule has 0 N–H and O–H groups in total. The summed E-state index contributed by atoms with van der Waals surface area (Å²) in [6, 6.07) is 0. The van der Waals surface area contributed by atoms with Crippen molar-refractivity contribution in [2.45, 2.75) is 30.2 Å². The third-order valence-electron chi connectivity index (χ3n) is 1.85. The van der Waals surface area contributed by atoms with Crippen LogP contribution in [-0.4, -0.2) is 23.8 Å². The Bertz CT molecular complexity index is 136. The summed E-state index contributed by atoms with van der Waals surface area (Å²) in [5, 5.41) is 0. The van der Waals surface area contributed by atoms with E-state index in [1.807, 2.05) is 0 Å². The van der Waals surface area contributed by atoms with Crippen molar-refractivity contribution in [3.63, 3.8) is 0 Å². The molecule has 0 saturated heterocycles. The van der Waals surface area contributed by atoms with Crippen molar-refractivity contribution in [3.8, 4) is 0 Å². The fourth-order valence-corrected chi connectivity index (χ4v) is 1.92. The lowest BCUT2D eigenvalue weighted by Crippen LogP contribution is -2.34. The summed E-state index contributed by atoms with van der Waals surface area (Å²) in [5.41, 5.74) is 0. The molecule has 1 rings (SSSR count). The first-order valence-electron chi connectivity index (χ1n) is 3.45. The van der Waals surface area contributed by atoms with Gasteiger partial charge in [-0.1, -0.05) is 15.9 Å². The van der Waals surface area contributed by atoms with Crippen LogP contribution in [0.1, 0.15) is 19.3 Å². The predicted molar refractivity (Wildman–Crippen MR) is 42.4 cm³/mol. The fraction of sp³-hybridized carbons (Fsp3) is 0.857. The Morgan fingerprint density at radius 1 is 1.70 bits per heavy atom. The largest absolute Gasteiger partial charge is 0.380 e. The molecule has 1 aliphatic rings. The van der Waals surface area contributed by atoms with E-state index in [4.69, 9.17) is 4.74 Å². The first-order chi connectivity index (χ1) is 4.75. The van der Waals surface area contributed by atoms with Gasteiger partial charge in [0, 0.05) is 13.5 Å². The van der Waals surface area contributed by atoms with Gasteiger partial charge in [-0.15, -0.1) is 0 Å². The van der Waals surface area contributed by atoms with Gasteiger partial charge in [-0.3, -0.25) is 4.79 Å². The number of rotatable bonds is 1. The van der Waals surface area contributed by atoms with Gasteiger partial charge in [-0.05, 0) is 12.8 Å². The number of alkyl halides is 1. The molecule has 0 amide bonds. The number of hydrogen-bond donors (Lipinski definition) is 0. The molecule has 0 heterocycles. The summed E-state index contributed by atoms with van der Waals surface area (Å²) in [6.45, 7) is 0. The van der Waals surface area contributed by atoms with Crippen LogP contribution < -0.4 is 0 Å². The topological polar surface area (TPSA) is 26.3 Å². The van der Waals surface area contributed by atoms with Gasteiger partial charge < -0.3 is 4.74 Å². The van der Waals surface area contributed by atoms with Crippen LogP contribution in [0.5, 0.6) is 0 Å². The van der Waals surface area contributed by atoms with E-state index in [0.29, 0.717) is 6.42 Å². The first kappa shape index (κ1) is 8.21. The Morgan fingerprint density at radius 3 is 2.90 bits per heavy atom. The van der Waals surface area contributed by atoms with E-state index in [2.05, 4.69) is 15.9 Å². The number of hydrogen-bond acceptors (Lipinski definition) is 2. The lowest BCUT2D eigenvalue weighted by Gasteiger charge is -2.24. The summed E-state index contributed by atoms with van der Waals surface area (Å²) in [5.74, 6) is 0.276. The molecular formula is C7H11BrO2. The van der Waals surface area contributed by atoms with Crippen LogP contribution >= 0.6 is 15.9 Å². The lowest BCUT2D eigenvalue weighted by atomic mass is 9.96. The van der Waals surface area contributed by atoms with E-state index in [1.54, 1.807) is 7.11 Å². The second-order valence-corrected chi connectivity index (χ2v) is 3.52. The number of ketones is 1. The van der Waals surface area contributed by atoms with E-state index >= 15 is 0 Å². The van der Waals surface area contributed by atoms with Crippen LogP contribution in [0.2, 0.25) is 0 Å². The number of Topliss-reactive ketones (excluding diaryl/α,β-unsaturated/α-hetero) is 1. The molecule has 10 heavy (non-hydrogen) atoms. The second-order valence-electron chi connectivity index (χ2n) is 2.53. The molecular weight excluding hydrogens is 196 g/mol. The van der Waals surface area contributed by atoms with Gasteiger partial charge >= 0.3 is 0 Å². The van der Waals surface area contributed by atoms with Gasteiger partial charge in [-0.2, -0.15) is 0 Å². The Balaban J connectivity index is 2.51. The average Bonchev–Trinajstić information content (AvgIpc) is 1.95. The quantitative estimate of drug-likeness (QED) is 0.609. The highest BCUT2D eigenvalue weighted by atomic mass is 79.9. The molecule has 0 aromatic rings. The third kappa shape index (κ3) is 1.58. The minimum atomic E-state index is -0.0637. The van der Waals surface area contributed by atoms with Crippen LogP contribution in [0.25, 0.3) is 0 Å². The highest BCUT2D eigenvalue weighted by molar-refractivity contribution is 9.10. The van der Waals surface area contributed by atoms with E-state index < -0.39 is 0 Å². The molecule has 1 aliphatic carbocycles. The summed E-state index contributed by atoms with van der Waals surface area (Å²) in [6.07, 6.45) is 2.77. The SMILES string of the molecule is COC1CCCC(=O)C1Br. The Morgan fingerprint density at radius 2 is 2.40 bits per heavy atom. The molecule has 2 unspecified atom stereocenters. The van der Waals surface area contributed by atoms with Crippen molar-refractivity contribution >= 4 is 21.7 Å². The Kier molecular flexibility index (Phi) is 2.86. The summed E-state index contributed by atoms with van der Waals surface area (Å²) < 4.78 is 5.11. The van der Waals surface area contributed by atoms with Crippen molar-refractivity contribution in [1.29, 1.82) is 0 Å². The van der Waals surface area contributed by atoms with E-state index in [0.717, 1.165) is 12.8 Å². The molecule has 58 valence electrons. The molecule has 0 aromatic carbocycles. The van der Waals surface area contributed by atoms with Crippen molar-refractivity contribution in [2.24, 2.45) is 0 Å². The van der Waals surface area contributed by atoms with Crippen LogP contribution in [0.4, 0.5) is 0 Å². The predicted octanol–water partition coefficient (Wildman–Crippen LogP) is 1.52. The number of halogens is 1. The summed E-state index contributed by atoms with van der Waals surface area (Å²) in [7, 11) is 1.65. The van der Waals surface area contributed by atoms with Gasteiger partial charge in [-0.25, -0.2) is 0 Å². The zero-order valence-corrected chi connectivity index (χ0v) is 7.56. The number of methoxy groups -OCH3 is 1. The Labute approximate surface area is 69.1 Å². The van der Waals surface area contributed by atoms with Crippen molar-refractivity contribution in [2.75, 3.05) is 7.11 Å². The van der Waals surface area contributed by atoms with E-state index in [-0.39, 0.29) is 16.7 Å². The summed E-state index contributed by atoms with van der Waals surface area (Å²) in [4.78, 5) is 11.0. The van der Waals surface area contributed by atoms with Crippen LogP contribution in [-0.2, 0) is 9.53 Å². The number of carbonyl (C=O) groups excluding carboxylic acids is 1. The smallest absolute Gasteiger partial charge is 0.149 e. The van der Waals surface area contributed by atoms with Crippen molar-refractivity contribution in [3.05, 3.63) is 0 Å². The maximum Gasteiger partial charge on any atom is 0.149 e. The van der Waals surface area contributed by atoms with Crippen molar-refractivity contribution in [1.82, 2.24) is 0 Å². The molecule has 0 bridgehead atoms. The van der Waals surface area contributed by atoms with Gasteiger partial charge in [0.1, 0.15) is 5.78 Å². The van der Waals surface area contributed by atoms with Crippen molar-refractivity contribution < 1.29 is 9.53 Å². The molecule has 1 fully saturated rings. The number of carbonyl (C=O) groups is 1. The molecule has 3 heteroatoms. The lowest BCUT2D eigenvalue weighted by molar-refractivity contribution is -0.122. The first-order valence-corrected chi connectivity index (χ1v) is 4.37. The van der Waals surface area contributed by atoms with E-state index in [1.165, 1.54) is 0 Å². The third-order valence-corrected chi connectivity index (χ3v) is 2.95. The maximum atomic E-state index is 11.0. The standard InChI is InChI=1S/C7H11BrO2/c1-10-6-4-2-3-5(9)7(6)8/h6-7H,2-4H2,1H3. The number of ether oxygens (including phenoxy) is 1. The van der Waals surface area contributed by atoms with Crippen LogP contribution in [0.3, 0.4) is 0 Å². The van der Waals surface area contributed by atoms with Gasteiger partial charge in [0.25, 0.3) is 0 Å². The second kappa shape index (κ2) is 3.49. The van der Waals surface area contributed by atoms with Gasteiger partial charge in [0.2, 0.25) is 0 Å². The highest BCUT2D eigenvalue weighted by Gasteiger charge is 2.28. The molecule has 0 spiro atoms. The minimum Gasteiger partial charge on any atom is -0.380 e.